The summed E-state index contributed by atoms with van der Waals surface area (Å²) in [5.41, 5.74) is 6.91. The van der Waals surface area contributed by atoms with Crippen LogP contribution in [0, 0.1) is 16.7 Å². The van der Waals surface area contributed by atoms with Crippen molar-refractivity contribution >= 4 is 11.8 Å². The van der Waals surface area contributed by atoms with E-state index in [1.54, 1.807) is 6.08 Å². The summed E-state index contributed by atoms with van der Waals surface area (Å²) in [6, 6.07) is 0. The van der Waals surface area contributed by atoms with E-state index in [0.717, 1.165) is 48.0 Å². The summed E-state index contributed by atoms with van der Waals surface area (Å²) in [4.78, 5) is 26.4. The fraction of sp³-hybridized carbons (Fsp3) is 0.577. The zero-order valence-corrected chi connectivity index (χ0v) is 37.5. The molecule has 57 heavy (non-hydrogen) atoms. The van der Waals surface area contributed by atoms with Gasteiger partial charge in [0.15, 0.2) is 5.78 Å². The molecule has 5 nitrogen and oxygen atoms in total. The molecule has 0 amide bonds. The largest absolute Gasteiger partial charge is 0.461 e. The maximum Gasteiger partial charge on any atom is 0.306 e. The quantitative estimate of drug-likeness (QED) is 0.0354. The van der Waals surface area contributed by atoms with E-state index in [9.17, 15) is 19.8 Å². The van der Waals surface area contributed by atoms with Crippen LogP contribution in [-0.2, 0) is 14.3 Å². The van der Waals surface area contributed by atoms with Gasteiger partial charge in [-0.25, -0.2) is 0 Å². The first kappa shape index (κ1) is 49.6. The summed E-state index contributed by atoms with van der Waals surface area (Å²) in [5, 5.41) is 20.5. The van der Waals surface area contributed by atoms with E-state index >= 15 is 0 Å². The van der Waals surface area contributed by atoms with Crippen molar-refractivity contribution in [3.8, 4) is 0 Å². The van der Waals surface area contributed by atoms with Gasteiger partial charge in [-0.1, -0.05) is 198 Å². The van der Waals surface area contributed by atoms with Gasteiger partial charge in [-0.2, -0.15) is 0 Å². The fourth-order valence-electron chi connectivity index (χ4n) is 8.19. The third kappa shape index (κ3) is 19.6. The molecule has 316 valence electrons. The topological polar surface area (TPSA) is 83.8 Å². The van der Waals surface area contributed by atoms with Gasteiger partial charge >= 0.3 is 5.97 Å². The summed E-state index contributed by atoms with van der Waals surface area (Å²) < 4.78 is 5.66. The second-order valence-electron chi connectivity index (χ2n) is 18.1. The van der Waals surface area contributed by atoms with Crippen LogP contribution in [0.1, 0.15) is 159 Å². The van der Waals surface area contributed by atoms with Crippen LogP contribution < -0.4 is 0 Å². The van der Waals surface area contributed by atoms with Crippen molar-refractivity contribution in [2.24, 2.45) is 16.7 Å². The highest BCUT2D eigenvalue weighted by Gasteiger charge is 2.35. The van der Waals surface area contributed by atoms with Crippen LogP contribution in [-0.4, -0.2) is 40.8 Å². The Labute approximate surface area is 347 Å². The number of ether oxygens (including phenoxy) is 1. The lowest BCUT2D eigenvalue weighted by Crippen LogP contribution is -2.32. The first-order valence-electron chi connectivity index (χ1n) is 21.8. The van der Waals surface area contributed by atoms with Gasteiger partial charge in [-0.3, -0.25) is 9.59 Å². The van der Waals surface area contributed by atoms with Crippen LogP contribution in [0.25, 0.3) is 0 Å². The molecule has 0 bridgehead atoms. The van der Waals surface area contributed by atoms with Crippen LogP contribution >= 0.6 is 0 Å². The number of carbonyl (C=O) groups excluding carboxylic acids is 2. The third-order valence-electron chi connectivity index (χ3n) is 11.5. The van der Waals surface area contributed by atoms with Crippen LogP contribution in [0.15, 0.2) is 118 Å². The van der Waals surface area contributed by atoms with Crippen LogP contribution in [0.3, 0.4) is 0 Å². The Morgan fingerprint density at radius 2 is 1.30 bits per heavy atom. The first-order valence-corrected chi connectivity index (χ1v) is 21.8. The van der Waals surface area contributed by atoms with Crippen LogP contribution in [0.2, 0.25) is 0 Å². The fourth-order valence-corrected chi connectivity index (χ4v) is 8.19. The highest BCUT2D eigenvalue weighted by molar-refractivity contribution is 5.98. The monoisotopic (exact) mass is 783 g/mol. The first-order chi connectivity index (χ1) is 26.9. The zero-order valence-electron chi connectivity index (χ0n) is 37.5. The Kier molecular flexibility index (Phi) is 22.4. The van der Waals surface area contributed by atoms with Gasteiger partial charge in [0.2, 0.25) is 0 Å². The number of rotatable bonds is 23. The minimum Gasteiger partial charge on any atom is -0.461 e. The van der Waals surface area contributed by atoms with Crippen molar-refractivity contribution in [2.75, 3.05) is 6.61 Å². The van der Waals surface area contributed by atoms with Crippen molar-refractivity contribution < 1.29 is 24.5 Å². The van der Waals surface area contributed by atoms with Gasteiger partial charge < -0.3 is 14.9 Å². The van der Waals surface area contributed by atoms with Crippen molar-refractivity contribution in [3.63, 3.8) is 0 Å². The Morgan fingerprint density at radius 3 is 1.88 bits per heavy atom. The second kappa shape index (κ2) is 25.7. The lowest BCUT2D eigenvalue weighted by atomic mass is 9.67. The van der Waals surface area contributed by atoms with Crippen molar-refractivity contribution in [2.45, 2.75) is 171 Å². The number of unbranched alkanes of at least 4 members (excludes halogenated alkanes) is 8. The molecule has 2 rings (SSSR count). The average Bonchev–Trinajstić information content (AvgIpc) is 3.11. The highest BCUT2D eigenvalue weighted by Crippen LogP contribution is 2.43. The van der Waals surface area contributed by atoms with E-state index in [1.165, 1.54) is 49.7 Å². The molecule has 0 unspecified atom stereocenters. The molecular weight excluding hydrogens is 705 g/mol. The van der Waals surface area contributed by atoms with Crippen LogP contribution in [0.4, 0.5) is 0 Å². The number of aliphatic hydroxyl groups is 2. The lowest BCUT2D eigenvalue weighted by Gasteiger charge is -2.38. The molecule has 2 N–H and O–H groups in total. The van der Waals surface area contributed by atoms with Crippen molar-refractivity contribution in [1.29, 1.82) is 0 Å². The summed E-state index contributed by atoms with van der Waals surface area (Å²) in [6.45, 7) is 21.1. The van der Waals surface area contributed by atoms with E-state index < -0.39 is 6.10 Å². The molecule has 0 aromatic rings. The summed E-state index contributed by atoms with van der Waals surface area (Å²) in [5.74, 6) is 0.00775. The highest BCUT2D eigenvalue weighted by atomic mass is 16.5. The Morgan fingerprint density at radius 1 is 0.754 bits per heavy atom. The van der Waals surface area contributed by atoms with Gasteiger partial charge in [0, 0.05) is 24.3 Å². The number of allylic oxidation sites excluding steroid dienone is 17. The standard InChI is InChI=1S/C52H78O5/c1-11-12-13-14-15-16-17-18-19-30-50(56)57-38-44(49(55)35-48-43(6)34-46(54)37-52(48,9)10)29-23-28-40(3)25-21-20-24-39(2)26-22-27-41(4)31-32-47-42(5)33-45(53)36-51(47,7)8/h20-29,31-33,45-47,53-54H,11-19,30,34-38H2,1-10H3/b21-20+,26-22+,28-23+,32-31+,39-24+,40-25+,41-27+,44-29+/t45-,46+,47-/m0/s1. The van der Waals surface area contributed by atoms with E-state index in [-0.39, 0.29) is 41.7 Å². The van der Waals surface area contributed by atoms with Gasteiger partial charge in [0.1, 0.15) is 6.61 Å². The number of Topliss-reactive ketones (excluding diaryl/α,β-unsaturated/α-hetero) is 1. The van der Waals surface area contributed by atoms with E-state index in [2.05, 4.69) is 91.8 Å². The lowest BCUT2D eigenvalue weighted by molar-refractivity contribution is -0.143. The molecule has 0 fully saturated rings. The molecule has 2 aliphatic carbocycles. The van der Waals surface area contributed by atoms with Gasteiger partial charge in [-0.15, -0.1) is 0 Å². The SMILES string of the molecule is CCCCCCCCCCCC(=O)OC\C(=C/C=C/C(C)=C/C=C/C=C(C)/C=C/C=C(C)/C=C/[C@H]1C(C)=C[C@H](O)CC1(C)C)C(=O)CC1=C(C)C[C@@H](O)CC1(C)C. The second-order valence-corrected chi connectivity index (χ2v) is 18.1. The predicted molar refractivity (Wildman–Crippen MR) is 242 cm³/mol. The summed E-state index contributed by atoms with van der Waals surface area (Å²) in [7, 11) is 0. The van der Waals surface area contributed by atoms with Crippen molar-refractivity contribution in [3.05, 3.63) is 118 Å². The van der Waals surface area contributed by atoms with E-state index in [1.807, 2.05) is 50.3 Å². The summed E-state index contributed by atoms with van der Waals surface area (Å²) in [6.07, 6.45) is 38.9. The zero-order chi connectivity index (χ0) is 42.4. The van der Waals surface area contributed by atoms with E-state index in [4.69, 9.17) is 4.74 Å². The molecule has 0 radical (unpaired) electrons. The van der Waals surface area contributed by atoms with Gasteiger partial charge in [0.05, 0.1) is 12.2 Å². The molecule has 0 aromatic carbocycles. The number of esters is 1. The van der Waals surface area contributed by atoms with E-state index in [0.29, 0.717) is 30.8 Å². The smallest absolute Gasteiger partial charge is 0.306 e. The molecule has 0 aromatic heterocycles. The minimum absolute atomic E-state index is 0.0239. The predicted octanol–water partition coefficient (Wildman–Crippen LogP) is 13.3. The molecule has 0 saturated heterocycles. The number of aliphatic hydroxyl groups excluding tert-OH is 2. The van der Waals surface area contributed by atoms with Gasteiger partial charge in [0.25, 0.3) is 0 Å². The Balaban J connectivity index is 2.02. The minimum atomic E-state index is -0.391. The number of hydrogen-bond donors (Lipinski definition) is 2. The number of hydrogen-bond acceptors (Lipinski definition) is 5. The molecule has 0 spiro atoms. The molecule has 5 heteroatoms. The maximum atomic E-state index is 13.7. The number of ketones is 1. The summed E-state index contributed by atoms with van der Waals surface area (Å²) >= 11 is 0. The average molecular weight is 783 g/mol. The third-order valence-corrected chi connectivity index (χ3v) is 11.5. The maximum absolute atomic E-state index is 13.7. The molecule has 0 saturated carbocycles. The van der Waals surface area contributed by atoms with Gasteiger partial charge in [-0.05, 0) is 71.1 Å². The normalized spacial score (nSPS) is 22.4. The Bertz CT molecular complexity index is 1610. The molecule has 2 aliphatic rings. The van der Waals surface area contributed by atoms with Crippen LogP contribution in [0.5, 0.6) is 0 Å². The van der Waals surface area contributed by atoms with Crippen molar-refractivity contribution in [1.82, 2.24) is 0 Å². The molecule has 3 atom stereocenters. The molecular formula is C52H78O5. The Hall–Kier alpha value is -3.54. The molecule has 0 aliphatic heterocycles. The molecule has 0 heterocycles. The number of carbonyl (C=O) groups is 2.